The number of benzene rings is 3. The molecule has 0 saturated heterocycles. The Morgan fingerprint density at radius 3 is 2.50 bits per heavy atom. The minimum absolute atomic E-state index is 0.446. The highest BCUT2D eigenvalue weighted by molar-refractivity contribution is 7.21. The molecule has 0 aliphatic carbocycles. The third-order valence-corrected chi connectivity index (χ3v) is 6.83. The molecule has 0 radical (unpaired) electrons. The van der Waals surface area contributed by atoms with E-state index in [0.29, 0.717) is 11.3 Å². The van der Waals surface area contributed by atoms with Gasteiger partial charge in [0.1, 0.15) is 5.01 Å². The quantitative estimate of drug-likeness (QED) is 0.280. The summed E-state index contributed by atoms with van der Waals surface area (Å²) in [5, 5.41) is 4.45. The van der Waals surface area contributed by atoms with Gasteiger partial charge in [-0.1, -0.05) is 24.3 Å². The number of hydrogen-bond donors (Lipinski definition) is 1. The maximum Gasteiger partial charge on any atom is 0.296 e. The molecule has 0 atom stereocenters. The Balaban J connectivity index is 1.38. The molecule has 2 heterocycles. The summed E-state index contributed by atoms with van der Waals surface area (Å²) in [6.07, 6.45) is 0. The monoisotopic (exact) mass is 439 g/mol. The van der Waals surface area contributed by atoms with Crippen molar-refractivity contribution in [2.24, 2.45) is 7.05 Å². The standard InChI is InChI=1S/C26H21N3O2S/c1-15-8-13-20-22(14-15)32-26(28-20)17-9-11-18(12-10-17)27-25(31)24(30)23-16(2)29(3)21-7-5-4-6-19(21)23/h4-14H,1-3H3,(H,27,31). The van der Waals surface area contributed by atoms with Crippen molar-refractivity contribution >= 4 is 49.8 Å². The summed E-state index contributed by atoms with van der Waals surface area (Å²) < 4.78 is 3.08. The smallest absolute Gasteiger partial charge is 0.296 e. The third-order valence-electron chi connectivity index (χ3n) is 5.77. The SMILES string of the molecule is Cc1ccc2nc(-c3ccc(NC(=O)C(=O)c4c(C)n(C)c5ccccc45)cc3)sc2c1. The number of thiazole rings is 1. The molecule has 5 aromatic rings. The van der Waals surface area contributed by atoms with Crippen molar-refractivity contribution in [1.82, 2.24) is 9.55 Å². The molecule has 158 valence electrons. The summed E-state index contributed by atoms with van der Waals surface area (Å²) in [5.74, 6) is -1.18. The zero-order valence-corrected chi connectivity index (χ0v) is 18.8. The molecule has 2 aromatic heterocycles. The van der Waals surface area contributed by atoms with Gasteiger partial charge in [-0.2, -0.15) is 0 Å². The number of aryl methyl sites for hydroxylation is 2. The van der Waals surface area contributed by atoms with Crippen LogP contribution in [0.15, 0.2) is 66.7 Å². The largest absolute Gasteiger partial charge is 0.347 e. The Kier molecular flexibility index (Phi) is 4.87. The van der Waals surface area contributed by atoms with Crippen LogP contribution in [0.4, 0.5) is 5.69 Å². The lowest BCUT2D eigenvalue weighted by Crippen LogP contribution is -2.23. The first-order valence-corrected chi connectivity index (χ1v) is 11.1. The minimum atomic E-state index is -0.646. The second-order valence-corrected chi connectivity index (χ2v) is 8.92. The van der Waals surface area contributed by atoms with Gasteiger partial charge in [0.2, 0.25) is 0 Å². The van der Waals surface area contributed by atoms with E-state index in [9.17, 15) is 9.59 Å². The topological polar surface area (TPSA) is 64.0 Å². The normalized spacial score (nSPS) is 11.2. The highest BCUT2D eigenvalue weighted by Gasteiger charge is 2.24. The molecule has 5 nitrogen and oxygen atoms in total. The predicted octanol–water partition coefficient (Wildman–Crippen LogP) is 5.89. The van der Waals surface area contributed by atoms with Crippen molar-refractivity contribution in [3.05, 3.63) is 83.6 Å². The number of amides is 1. The molecule has 0 aliphatic heterocycles. The van der Waals surface area contributed by atoms with Crippen LogP contribution in [0.5, 0.6) is 0 Å². The van der Waals surface area contributed by atoms with Gasteiger partial charge < -0.3 is 9.88 Å². The lowest BCUT2D eigenvalue weighted by atomic mass is 10.1. The zero-order chi connectivity index (χ0) is 22.4. The highest BCUT2D eigenvalue weighted by Crippen LogP contribution is 2.31. The summed E-state index contributed by atoms with van der Waals surface area (Å²) in [7, 11) is 1.90. The first-order chi connectivity index (χ1) is 15.4. The summed E-state index contributed by atoms with van der Waals surface area (Å²) in [6, 6.07) is 21.2. The van der Waals surface area contributed by atoms with E-state index in [-0.39, 0.29) is 0 Å². The molecule has 6 heteroatoms. The van der Waals surface area contributed by atoms with Gasteiger partial charge in [-0.05, 0) is 61.9 Å². The molecule has 0 saturated carbocycles. The van der Waals surface area contributed by atoms with Gasteiger partial charge in [0.05, 0.1) is 15.8 Å². The van der Waals surface area contributed by atoms with Crippen LogP contribution in [0.3, 0.4) is 0 Å². The Morgan fingerprint density at radius 1 is 0.969 bits per heavy atom. The number of carbonyl (C=O) groups is 2. The number of carbonyl (C=O) groups excluding carboxylic acids is 2. The van der Waals surface area contributed by atoms with Crippen molar-refractivity contribution in [3.8, 4) is 10.6 Å². The van der Waals surface area contributed by atoms with Crippen molar-refractivity contribution in [3.63, 3.8) is 0 Å². The van der Waals surface area contributed by atoms with Gasteiger partial charge in [0, 0.05) is 34.9 Å². The summed E-state index contributed by atoms with van der Waals surface area (Å²) >= 11 is 1.64. The molecule has 0 bridgehead atoms. The van der Waals surface area contributed by atoms with Gasteiger partial charge in [-0.25, -0.2) is 4.98 Å². The number of rotatable bonds is 4. The first kappa shape index (κ1) is 20.2. The van der Waals surface area contributed by atoms with Gasteiger partial charge in [0.15, 0.2) is 0 Å². The van der Waals surface area contributed by atoms with Crippen LogP contribution in [0, 0.1) is 13.8 Å². The second kappa shape index (κ2) is 7.73. The van der Waals surface area contributed by atoms with Crippen LogP contribution in [0.25, 0.3) is 31.7 Å². The van der Waals surface area contributed by atoms with Crippen LogP contribution in [0.1, 0.15) is 21.6 Å². The van der Waals surface area contributed by atoms with Gasteiger partial charge in [-0.15, -0.1) is 11.3 Å². The fourth-order valence-electron chi connectivity index (χ4n) is 3.96. The summed E-state index contributed by atoms with van der Waals surface area (Å²) in [6.45, 7) is 3.92. The van der Waals surface area contributed by atoms with Crippen LogP contribution in [-0.4, -0.2) is 21.2 Å². The minimum Gasteiger partial charge on any atom is -0.347 e. The van der Waals surface area contributed by atoms with E-state index in [1.54, 1.807) is 23.5 Å². The Morgan fingerprint density at radius 2 is 1.72 bits per heavy atom. The molecule has 5 rings (SSSR count). The summed E-state index contributed by atoms with van der Waals surface area (Å²) in [5.41, 5.74) is 5.87. The lowest BCUT2D eigenvalue weighted by Gasteiger charge is -2.06. The van der Waals surface area contributed by atoms with Crippen LogP contribution >= 0.6 is 11.3 Å². The van der Waals surface area contributed by atoms with E-state index in [2.05, 4.69) is 24.4 Å². The Labute approximate surface area is 189 Å². The van der Waals surface area contributed by atoms with E-state index >= 15 is 0 Å². The van der Waals surface area contributed by atoms with E-state index in [0.717, 1.165) is 37.4 Å². The van der Waals surface area contributed by atoms with E-state index in [1.165, 1.54) is 5.56 Å². The molecular weight excluding hydrogens is 418 g/mol. The van der Waals surface area contributed by atoms with Crippen LogP contribution < -0.4 is 5.32 Å². The van der Waals surface area contributed by atoms with E-state index in [4.69, 9.17) is 4.98 Å². The first-order valence-electron chi connectivity index (χ1n) is 10.3. The molecule has 0 fully saturated rings. The maximum absolute atomic E-state index is 13.0. The average molecular weight is 440 g/mol. The number of Topliss-reactive ketones (excluding diaryl/α,β-unsaturated/α-hetero) is 1. The number of nitrogens with zero attached hydrogens (tertiary/aromatic N) is 2. The maximum atomic E-state index is 13.0. The van der Waals surface area contributed by atoms with Crippen molar-refractivity contribution in [2.45, 2.75) is 13.8 Å². The van der Waals surface area contributed by atoms with Crippen LogP contribution in [-0.2, 0) is 11.8 Å². The van der Waals surface area contributed by atoms with E-state index < -0.39 is 11.7 Å². The van der Waals surface area contributed by atoms with Crippen molar-refractivity contribution in [2.75, 3.05) is 5.32 Å². The zero-order valence-electron chi connectivity index (χ0n) is 18.0. The second-order valence-electron chi connectivity index (χ2n) is 7.89. The van der Waals surface area contributed by atoms with Crippen molar-refractivity contribution in [1.29, 1.82) is 0 Å². The van der Waals surface area contributed by atoms with Gasteiger partial charge in [-0.3, -0.25) is 9.59 Å². The highest BCUT2D eigenvalue weighted by atomic mass is 32.1. The Hall–Kier alpha value is -3.77. The summed E-state index contributed by atoms with van der Waals surface area (Å²) in [4.78, 5) is 30.4. The van der Waals surface area contributed by atoms with Gasteiger partial charge >= 0.3 is 0 Å². The fraction of sp³-hybridized carbons (Fsp3) is 0.115. The Bertz CT molecular complexity index is 1510. The number of nitrogens with one attached hydrogen (secondary N) is 1. The number of fused-ring (bicyclic) bond motifs is 2. The number of para-hydroxylation sites is 1. The van der Waals surface area contributed by atoms with Crippen molar-refractivity contribution < 1.29 is 9.59 Å². The molecule has 0 unspecified atom stereocenters. The number of ketones is 1. The third kappa shape index (κ3) is 3.39. The number of aromatic nitrogens is 2. The predicted molar refractivity (Wildman–Crippen MR) is 130 cm³/mol. The number of anilines is 1. The fourth-order valence-corrected chi connectivity index (χ4v) is 5.03. The molecular formula is C26H21N3O2S. The molecule has 0 spiro atoms. The van der Waals surface area contributed by atoms with Gasteiger partial charge in [0.25, 0.3) is 11.7 Å². The average Bonchev–Trinajstić information content (AvgIpc) is 3.32. The number of hydrogen-bond acceptors (Lipinski definition) is 4. The lowest BCUT2D eigenvalue weighted by molar-refractivity contribution is -0.112. The molecule has 1 amide bonds. The molecule has 0 aliphatic rings. The van der Waals surface area contributed by atoms with Crippen LogP contribution in [0.2, 0.25) is 0 Å². The van der Waals surface area contributed by atoms with E-state index in [1.807, 2.05) is 61.0 Å². The molecule has 32 heavy (non-hydrogen) atoms. The molecule has 3 aromatic carbocycles. The molecule has 1 N–H and O–H groups in total.